The van der Waals surface area contributed by atoms with Gasteiger partial charge in [-0.1, -0.05) is 272 Å². The van der Waals surface area contributed by atoms with Crippen molar-refractivity contribution in [1.29, 1.82) is 0 Å². The lowest BCUT2D eigenvalue weighted by Gasteiger charge is -2.21. The molecule has 0 rings (SSSR count). The first-order chi connectivity index (χ1) is 40.0. The maximum absolute atomic E-state index is 13.0. The molecule has 0 fully saturated rings. The molecule has 0 amide bonds. The molecule has 83 heavy (non-hydrogen) atoms. The van der Waals surface area contributed by atoms with E-state index in [4.69, 9.17) is 37.0 Å². The quantitative estimate of drug-likeness (QED) is 0.0222. The molecule has 19 heteroatoms. The molecule has 5 atom stereocenters. The molecule has 0 aliphatic heterocycles. The standard InChI is InChI=1S/C64H124O17P2/c1-6-9-12-15-18-20-21-25-29-33-38-43-48-62(67)75-54-60(81-64(69)50-45-40-35-30-26-23-22-24-28-32-36-41-46-57(4)5)56-79-83(72,73)77-52-58(65)51-76-82(70,71)78-55-59(53-74-61(66)47-42-37-31-17-14-11-8-3)80-63(68)49-44-39-34-27-19-16-13-10-7-2/h57-60,65H,6-56H2,1-5H3,(H,70,71)(H,72,73)/t58-,59+,60+/m0/s1. The van der Waals surface area contributed by atoms with Gasteiger partial charge >= 0.3 is 39.5 Å². The summed E-state index contributed by atoms with van der Waals surface area (Å²) in [5, 5.41) is 10.5. The van der Waals surface area contributed by atoms with Gasteiger partial charge in [0.05, 0.1) is 26.4 Å². The van der Waals surface area contributed by atoms with Crippen molar-refractivity contribution in [3.8, 4) is 0 Å². The number of rotatable bonds is 64. The predicted molar refractivity (Wildman–Crippen MR) is 331 cm³/mol. The van der Waals surface area contributed by atoms with E-state index in [9.17, 15) is 43.2 Å². The van der Waals surface area contributed by atoms with Gasteiger partial charge in [-0.25, -0.2) is 9.13 Å². The third kappa shape index (κ3) is 58.8. The molecular formula is C64H124O17P2. The number of phosphoric ester groups is 2. The summed E-state index contributed by atoms with van der Waals surface area (Å²) in [7, 11) is -9.88. The molecule has 0 aromatic heterocycles. The van der Waals surface area contributed by atoms with Gasteiger partial charge < -0.3 is 33.8 Å². The molecule has 0 heterocycles. The largest absolute Gasteiger partial charge is 0.472 e. The molecule has 0 aliphatic rings. The van der Waals surface area contributed by atoms with Crippen molar-refractivity contribution in [1.82, 2.24) is 0 Å². The fourth-order valence-electron chi connectivity index (χ4n) is 9.58. The van der Waals surface area contributed by atoms with E-state index < -0.39 is 97.5 Å². The van der Waals surface area contributed by atoms with Crippen LogP contribution in [0.2, 0.25) is 0 Å². The Kier molecular flexibility index (Phi) is 56.4. The second-order valence-corrected chi connectivity index (χ2v) is 26.5. The van der Waals surface area contributed by atoms with E-state index in [1.54, 1.807) is 0 Å². The van der Waals surface area contributed by atoms with E-state index in [0.717, 1.165) is 109 Å². The van der Waals surface area contributed by atoms with Crippen LogP contribution in [0.4, 0.5) is 0 Å². The van der Waals surface area contributed by atoms with Gasteiger partial charge in [0.25, 0.3) is 0 Å². The number of carbonyl (C=O) groups excluding carboxylic acids is 4. The smallest absolute Gasteiger partial charge is 0.462 e. The number of esters is 4. The minimum atomic E-state index is -4.94. The Bertz CT molecular complexity index is 1620. The fourth-order valence-corrected chi connectivity index (χ4v) is 11.2. The lowest BCUT2D eigenvalue weighted by molar-refractivity contribution is -0.161. The molecule has 17 nitrogen and oxygen atoms in total. The minimum absolute atomic E-state index is 0.105. The number of ether oxygens (including phenoxy) is 4. The van der Waals surface area contributed by atoms with Crippen molar-refractivity contribution in [2.75, 3.05) is 39.6 Å². The van der Waals surface area contributed by atoms with Crippen LogP contribution in [0.15, 0.2) is 0 Å². The third-order valence-electron chi connectivity index (χ3n) is 14.8. The number of aliphatic hydroxyl groups is 1. The highest BCUT2D eigenvalue weighted by Crippen LogP contribution is 2.45. The predicted octanol–water partition coefficient (Wildman–Crippen LogP) is 17.8. The summed E-state index contributed by atoms with van der Waals surface area (Å²) in [5.41, 5.74) is 0. The first-order valence-corrected chi connectivity index (χ1v) is 36.6. The second kappa shape index (κ2) is 57.8. The van der Waals surface area contributed by atoms with E-state index in [1.165, 1.54) is 135 Å². The Morgan fingerprint density at radius 1 is 0.325 bits per heavy atom. The van der Waals surface area contributed by atoms with Crippen LogP contribution < -0.4 is 0 Å². The molecule has 492 valence electrons. The number of aliphatic hydroxyl groups excluding tert-OH is 1. The zero-order chi connectivity index (χ0) is 61.3. The summed E-state index contributed by atoms with van der Waals surface area (Å²) in [4.78, 5) is 72.1. The molecule has 0 saturated heterocycles. The lowest BCUT2D eigenvalue weighted by atomic mass is 10.0. The monoisotopic (exact) mass is 1230 g/mol. The second-order valence-electron chi connectivity index (χ2n) is 23.6. The molecule has 0 aromatic carbocycles. The Morgan fingerprint density at radius 3 is 0.819 bits per heavy atom. The lowest BCUT2D eigenvalue weighted by Crippen LogP contribution is -2.30. The van der Waals surface area contributed by atoms with Crippen molar-refractivity contribution in [3.63, 3.8) is 0 Å². The molecule has 0 saturated carbocycles. The number of unbranched alkanes of at least 4 members (excludes halogenated alkanes) is 36. The van der Waals surface area contributed by atoms with Crippen molar-refractivity contribution < 1.29 is 80.2 Å². The van der Waals surface area contributed by atoms with E-state index >= 15 is 0 Å². The van der Waals surface area contributed by atoms with Crippen LogP contribution in [0, 0.1) is 5.92 Å². The number of phosphoric acid groups is 2. The normalized spacial score (nSPS) is 14.2. The van der Waals surface area contributed by atoms with Crippen molar-refractivity contribution in [2.24, 2.45) is 5.92 Å². The number of carbonyl (C=O) groups is 4. The summed E-state index contributed by atoms with van der Waals surface area (Å²) in [6.07, 6.45) is 41.7. The first kappa shape index (κ1) is 81.1. The first-order valence-electron chi connectivity index (χ1n) is 33.6. The summed E-state index contributed by atoms with van der Waals surface area (Å²) in [6, 6.07) is 0. The van der Waals surface area contributed by atoms with Crippen LogP contribution in [0.1, 0.15) is 324 Å². The molecule has 0 spiro atoms. The highest BCUT2D eigenvalue weighted by atomic mass is 31.2. The zero-order valence-corrected chi connectivity index (χ0v) is 55.1. The average Bonchev–Trinajstić information content (AvgIpc) is 3.47. The highest BCUT2D eigenvalue weighted by molar-refractivity contribution is 7.47. The Labute approximate surface area is 505 Å². The summed E-state index contributed by atoms with van der Waals surface area (Å²) < 4.78 is 67.9. The van der Waals surface area contributed by atoms with Gasteiger partial charge in [-0.2, -0.15) is 0 Å². The van der Waals surface area contributed by atoms with Gasteiger partial charge in [0.1, 0.15) is 19.3 Å². The molecular weight excluding hydrogens is 1100 g/mol. The Morgan fingerprint density at radius 2 is 0.554 bits per heavy atom. The van der Waals surface area contributed by atoms with Crippen LogP contribution in [0.25, 0.3) is 0 Å². The molecule has 0 bridgehead atoms. The SMILES string of the molecule is CCCCCCCCCCCCCCC(=O)OC[C@H](COP(=O)(O)OC[C@@H](O)COP(=O)(O)OC[C@@H](COC(=O)CCCCCCCCC)OC(=O)CCCCCCCCCCC)OC(=O)CCCCCCCCCCCCCCC(C)C. The van der Waals surface area contributed by atoms with Gasteiger partial charge in [0, 0.05) is 25.7 Å². The molecule has 3 N–H and O–H groups in total. The van der Waals surface area contributed by atoms with Crippen LogP contribution >= 0.6 is 15.6 Å². The van der Waals surface area contributed by atoms with E-state index in [-0.39, 0.29) is 25.7 Å². The van der Waals surface area contributed by atoms with Gasteiger partial charge in [-0.15, -0.1) is 0 Å². The zero-order valence-electron chi connectivity index (χ0n) is 53.3. The van der Waals surface area contributed by atoms with Crippen molar-refractivity contribution >= 4 is 39.5 Å². The fraction of sp³-hybridized carbons (Fsp3) is 0.938. The summed E-state index contributed by atoms with van der Waals surface area (Å²) >= 11 is 0. The number of hydrogen-bond acceptors (Lipinski definition) is 15. The maximum Gasteiger partial charge on any atom is 0.472 e. The van der Waals surface area contributed by atoms with Gasteiger partial charge in [-0.05, 0) is 31.6 Å². The summed E-state index contributed by atoms with van der Waals surface area (Å²) in [6.45, 7) is 7.15. The topological polar surface area (TPSA) is 237 Å². The maximum atomic E-state index is 13.0. The Hall–Kier alpha value is -1.94. The van der Waals surface area contributed by atoms with Crippen LogP contribution in [-0.2, 0) is 65.4 Å². The molecule has 0 aliphatic carbocycles. The summed E-state index contributed by atoms with van der Waals surface area (Å²) in [5.74, 6) is -1.36. The van der Waals surface area contributed by atoms with Crippen molar-refractivity contribution in [2.45, 2.75) is 342 Å². The number of hydrogen-bond donors (Lipinski definition) is 3. The third-order valence-corrected chi connectivity index (χ3v) is 16.7. The molecule has 0 radical (unpaired) electrons. The van der Waals surface area contributed by atoms with E-state index in [2.05, 4.69) is 34.6 Å². The van der Waals surface area contributed by atoms with Crippen LogP contribution in [0.5, 0.6) is 0 Å². The Balaban J connectivity index is 5.20. The molecule has 0 aromatic rings. The van der Waals surface area contributed by atoms with E-state index in [0.29, 0.717) is 25.7 Å². The average molecular weight is 1230 g/mol. The van der Waals surface area contributed by atoms with E-state index in [1.807, 2.05) is 0 Å². The van der Waals surface area contributed by atoms with Gasteiger partial charge in [0.15, 0.2) is 12.2 Å². The highest BCUT2D eigenvalue weighted by Gasteiger charge is 2.30. The van der Waals surface area contributed by atoms with Crippen molar-refractivity contribution in [3.05, 3.63) is 0 Å². The van der Waals surface area contributed by atoms with Crippen LogP contribution in [0.3, 0.4) is 0 Å². The van der Waals surface area contributed by atoms with Gasteiger partial charge in [0.2, 0.25) is 0 Å². The van der Waals surface area contributed by atoms with Crippen LogP contribution in [-0.4, -0.2) is 96.7 Å². The molecule has 2 unspecified atom stereocenters. The minimum Gasteiger partial charge on any atom is -0.462 e. The van der Waals surface area contributed by atoms with Gasteiger partial charge in [-0.3, -0.25) is 37.3 Å².